The summed E-state index contributed by atoms with van der Waals surface area (Å²) >= 11 is 0. The first kappa shape index (κ1) is 24.6. The van der Waals surface area contributed by atoms with Gasteiger partial charge in [0.2, 0.25) is 0 Å². The van der Waals surface area contributed by atoms with Gasteiger partial charge in [-0.25, -0.2) is 14.4 Å². The monoisotopic (exact) mass is 531 g/mol. The Morgan fingerprint density at radius 3 is 2.70 bits per heavy atom. The van der Waals surface area contributed by atoms with E-state index in [0.29, 0.717) is 11.5 Å². The molecule has 2 aromatic carbocycles. The molecular formula is C32H30FN7. The van der Waals surface area contributed by atoms with E-state index in [4.69, 9.17) is 9.97 Å². The molecule has 1 aliphatic rings. The maximum absolute atomic E-state index is 14.2. The van der Waals surface area contributed by atoms with Crippen LogP contribution < -0.4 is 5.32 Å². The number of nitrogens with one attached hydrogen (secondary N) is 3. The van der Waals surface area contributed by atoms with E-state index >= 15 is 0 Å². The molecule has 0 bridgehead atoms. The third-order valence-corrected chi connectivity index (χ3v) is 7.83. The molecule has 1 aliphatic carbocycles. The van der Waals surface area contributed by atoms with Gasteiger partial charge in [0.1, 0.15) is 11.3 Å². The Morgan fingerprint density at radius 1 is 0.925 bits per heavy atom. The standard InChI is InChI=1S/C32H30FN7/c1-19-11-22(14-24(33)12-19)25-7-4-8-27-29(25)38-32(37-27)31-30-28(39-40-31)10-9-26(36-30)23-13-21(17-35-18-23)16-34-15-20-5-2-3-6-20/h4,7-14,17-18,20,34H,2-3,5-6,15-16H2,1H3,(H,37,38)(H,39,40). The first-order valence-electron chi connectivity index (χ1n) is 13.9. The molecule has 200 valence electrons. The summed E-state index contributed by atoms with van der Waals surface area (Å²) < 4.78 is 14.2. The summed E-state index contributed by atoms with van der Waals surface area (Å²) in [5.74, 6) is 1.14. The van der Waals surface area contributed by atoms with Crippen LogP contribution >= 0.6 is 0 Å². The summed E-state index contributed by atoms with van der Waals surface area (Å²) in [6.45, 7) is 3.74. The molecule has 0 aliphatic heterocycles. The van der Waals surface area contributed by atoms with Gasteiger partial charge in [0, 0.05) is 30.1 Å². The van der Waals surface area contributed by atoms with Crippen molar-refractivity contribution in [1.82, 2.24) is 35.5 Å². The lowest BCUT2D eigenvalue weighted by atomic mass is 10.0. The molecule has 8 heteroatoms. The molecular weight excluding hydrogens is 501 g/mol. The maximum Gasteiger partial charge on any atom is 0.161 e. The molecule has 3 N–H and O–H groups in total. The lowest BCUT2D eigenvalue weighted by Gasteiger charge is -2.11. The fourth-order valence-corrected chi connectivity index (χ4v) is 5.85. The summed E-state index contributed by atoms with van der Waals surface area (Å²) in [5, 5.41) is 11.2. The first-order valence-corrected chi connectivity index (χ1v) is 13.9. The predicted molar refractivity (Wildman–Crippen MR) is 156 cm³/mol. The highest BCUT2D eigenvalue weighted by Crippen LogP contribution is 2.32. The first-order chi connectivity index (χ1) is 19.6. The summed E-state index contributed by atoms with van der Waals surface area (Å²) in [6, 6.07) is 17.0. The van der Waals surface area contributed by atoms with E-state index in [1.165, 1.54) is 31.7 Å². The maximum atomic E-state index is 14.2. The van der Waals surface area contributed by atoms with Crippen LogP contribution in [0.25, 0.3) is 56.0 Å². The second kappa shape index (κ2) is 10.3. The highest BCUT2D eigenvalue weighted by molar-refractivity contribution is 5.96. The van der Waals surface area contributed by atoms with Crippen molar-refractivity contribution < 1.29 is 4.39 Å². The van der Waals surface area contributed by atoms with Crippen molar-refractivity contribution in [3.63, 3.8) is 0 Å². The number of H-pyrrole nitrogens is 2. The number of benzene rings is 2. The normalized spacial score (nSPS) is 14.1. The zero-order valence-electron chi connectivity index (χ0n) is 22.3. The second-order valence-electron chi connectivity index (χ2n) is 10.8. The zero-order valence-corrected chi connectivity index (χ0v) is 22.3. The summed E-state index contributed by atoms with van der Waals surface area (Å²) in [7, 11) is 0. The van der Waals surface area contributed by atoms with E-state index in [0.717, 1.165) is 74.6 Å². The van der Waals surface area contributed by atoms with Crippen molar-refractivity contribution in [3.05, 3.63) is 83.9 Å². The van der Waals surface area contributed by atoms with Gasteiger partial charge in [-0.1, -0.05) is 31.0 Å². The number of imidazole rings is 1. The molecule has 4 heterocycles. The van der Waals surface area contributed by atoms with Gasteiger partial charge in [-0.15, -0.1) is 0 Å². The molecule has 7 nitrogen and oxygen atoms in total. The number of aromatic amines is 2. The van der Waals surface area contributed by atoms with Gasteiger partial charge < -0.3 is 10.3 Å². The number of hydrogen-bond acceptors (Lipinski definition) is 5. The molecule has 0 atom stereocenters. The zero-order chi connectivity index (χ0) is 27.1. The van der Waals surface area contributed by atoms with Crippen LogP contribution in [0.4, 0.5) is 4.39 Å². The van der Waals surface area contributed by atoms with Crippen LogP contribution in [0.2, 0.25) is 0 Å². The lowest BCUT2D eigenvalue weighted by molar-refractivity contribution is 0.489. The molecule has 7 rings (SSSR count). The Bertz CT molecular complexity index is 1810. The van der Waals surface area contributed by atoms with Crippen molar-refractivity contribution in [3.8, 4) is 33.9 Å². The van der Waals surface area contributed by atoms with Crippen LogP contribution in [-0.2, 0) is 6.54 Å². The van der Waals surface area contributed by atoms with E-state index in [1.807, 2.05) is 55.7 Å². The van der Waals surface area contributed by atoms with Crippen LogP contribution in [0.15, 0.2) is 67.0 Å². The number of rotatable bonds is 7. The van der Waals surface area contributed by atoms with E-state index in [9.17, 15) is 4.39 Å². The fourth-order valence-electron chi connectivity index (χ4n) is 5.85. The highest BCUT2D eigenvalue weighted by Gasteiger charge is 2.18. The average Bonchev–Trinajstić information content (AvgIpc) is 3.71. The van der Waals surface area contributed by atoms with Crippen molar-refractivity contribution in [2.24, 2.45) is 5.92 Å². The molecule has 0 radical (unpaired) electrons. The molecule has 0 spiro atoms. The van der Waals surface area contributed by atoms with E-state index in [2.05, 4.69) is 31.5 Å². The topological polar surface area (TPSA) is 95.2 Å². The van der Waals surface area contributed by atoms with Gasteiger partial charge in [-0.2, -0.15) is 5.10 Å². The van der Waals surface area contributed by atoms with Crippen molar-refractivity contribution in [2.45, 2.75) is 39.2 Å². The van der Waals surface area contributed by atoms with Gasteiger partial charge in [0.25, 0.3) is 0 Å². The minimum absolute atomic E-state index is 0.263. The molecule has 0 unspecified atom stereocenters. The Labute approximate surface area is 231 Å². The number of fused-ring (bicyclic) bond motifs is 2. The largest absolute Gasteiger partial charge is 0.336 e. The minimum atomic E-state index is -0.263. The van der Waals surface area contributed by atoms with Gasteiger partial charge in [-0.05, 0) is 85.3 Å². The Morgan fingerprint density at radius 2 is 1.82 bits per heavy atom. The molecule has 1 saturated carbocycles. The van der Waals surface area contributed by atoms with Crippen molar-refractivity contribution >= 4 is 22.1 Å². The van der Waals surface area contributed by atoms with Crippen LogP contribution in [0.1, 0.15) is 36.8 Å². The number of para-hydroxylation sites is 1. The molecule has 1 fully saturated rings. The van der Waals surface area contributed by atoms with E-state index in [-0.39, 0.29) is 5.82 Å². The molecule has 6 aromatic rings. The Hall–Kier alpha value is -4.43. The smallest absolute Gasteiger partial charge is 0.161 e. The molecule has 40 heavy (non-hydrogen) atoms. The van der Waals surface area contributed by atoms with Gasteiger partial charge in [-0.3, -0.25) is 10.1 Å². The third-order valence-electron chi connectivity index (χ3n) is 7.83. The van der Waals surface area contributed by atoms with Crippen molar-refractivity contribution in [2.75, 3.05) is 6.54 Å². The van der Waals surface area contributed by atoms with Crippen LogP contribution in [0.3, 0.4) is 0 Å². The van der Waals surface area contributed by atoms with Crippen molar-refractivity contribution in [1.29, 1.82) is 0 Å². The quantitative estimate of drug-likeness (QED) is 0.207. The van der Waals surface area contributed by atoms with Crippen LogP contribution in [0.5, 0.6) is 0 Å². The van der Waals surface area contributed by atoms with Gasteiger partial charge in [0.15, 0.2) is 11.5 Å². The number of nitrogens with zero attached hydrogens (tertiary/aromatic N) is 4. The Balaban J connectivity index is 1.21. The summed E-state index contributed by atoms with van der Waals surface area (Å²) in [5.41, 5.74) is 9.24. The van der Waals surface area contributed by atoms with Crippen LogP contribution in [0, 0.1) is 18.7 Å². The third kappa shape index (κ3) is 4.75. The van der Waals surface area contributed by atoms with E-state index < -0.39 is 0 Å². The Kier molecular flexibility index (Phi) is 6.32. The fraction of sp³-hybridized carbons (Fsp3) is 0.250. The number of halogens is 1. The number of aryl methyl sites for hydroxylation is 1. The number of hydrogen-bond donors (Lipinski definition) is 3. The summed E-state index contributed by atoms with van der Waals surface area (Å²) in [6.07, 6.45) is 9.14. The molecule has 0 saturated heterocycles. The number of pyridine rings is 2. The predicted octanol–water partition coefficient (Wildman–Crippen LogP) is 6.96. The SMILES string of the molecule is Cc1cc(F)cc(-c2cccc3[nH]c(-c4n[nH]c5ccc(-c6cncc(CNCC7CCCC7)c6)nc45)nc23)c1. The molecule has 4 aromatic heterocycles. The van der Waals surface area contributed by atoms with Gasteiger partial charge in [0.05, 0.1) is 22.2 Å². The average molecular weight is 532 g/mol. The van der Waals surface area contributed by atoms with Gasteiger partial charge >= 0.3 is 0 Å². The summed E-state index contributed by atoms with van der Waals surface area (Å²) in [4.78, 5) is 17.8. The molecule has 0 amide bonds. The second-order valence-corrected chi connectivity index (χ2v) is 10.8. The number of aromatic nitrogens is 6. The van der Waals surface area contributed by atoms with E-state index in [1.54, 1.807) is 6.07 Å². The minimum Gasteiger partial charge on any atom is -0.336 e. The lowest BCUT2D eigenvalue weighted by Crippen LogP contribution is -2.20. The highest BCUT2D eigenvalue weighted by atomic mass is 19.1. The van der Waals surface area contributed by atoms with Crippen LogP contribution in [-0.4, -0.2) is 36.7 Å².